The number of piperidine rings is 1. The molecule has 214 valence electrons. The molecule has 40 heavy (non-hydrogen) atoms. The second-order valence-electron chi connectivity index (χ2n) is 11.1. The first-order valence-corrected chi connectivity index (χ1v) is 15.9. The average Bonchev–Trinajstić information content (AvgIpc) is 3.54. The van der Waals surface area contributed by atoms with Crippen LogP contribution in [0.3, 0.4) is 0 Å². The number of rotatable bonds is 1. The molecule has 3 N–H and O–H groups in total. The first kappa shape index (κ1) is 27.1. The van der Waals surface area contributed by atoms with Gasteiger partial charge in [0.25, 0.3) is 5.91 Å². The lowest BCUT2D eigenvalue weighted by atomic mass is 9.98. The van der Waals surface area contributed by atoms with Gasteiger partial charge < -0.3 is 20.4 Å². The van der Waals surface area contributed by atoms with E-state index in [0.717, 1.165) is 61.7 Å². The Balaban J connectivity index is 1.52. The van der Waals surface area contributed by atoms with E-state index in [2.05, 4.69) is 9.62 Å². The van der Waals surface area contributed by atoms with Crippen molar-refractivity contribution >= 4 is 50.5 Å². The predicted molar refractivity (Wildman–Crippen MR) is 157 cm³/mol. The zero-order valence-corrected chi connectivity index (χ0v) is 24.4. The Bertz CT molecular complexity index is 1580. The van der Waals surface area contributed by atoms with E-state index in [1.54, 1.807) is 23.1 Å². The van der Waals surface area contributed by atoms with Crippen LogP contribution in [-0.2, 0) is 10.0 Å². The molecule has 3 aliphatic heterocycles. The number of carbonyl (C=O) groups is 1. The number of anilines is 3. The number of benzene rings is 1. The number of nitrogens with one attached hydrogen (secondary N) is 1. The summed E-state index contributed by atoms with van der Waals surface area (Å²) in [5.74, 6) is 1.34. The maximum Gasteiger partial charge on any atom is 0.256 e. The van der Waals surface area contributed by atoms with Gasteiger partial charge in [0.2, 0.25) is 10.0 Å². The van der Waals surface area contributed by atoms with Crippen LogP contribution in [0.15, 0.2) is 24.3 Å². The molecule has 2 aromatic heterocycles. The molecule has 6 rings (SSSR count). The molecule has 5 heterocycles. The standard InChI is InChI=1S/C27H35ClN8O3S/c1-17-25(34-12-9-19(29)16-34)30-24-15-22-23-6-3-4-11-35(23)27(37)20-14-18(28)7-8-21(20)32-40(38,39)13-5-10-33(2)26(17)36(24)31-22/h7-8,14-15,19,23,32H,3-6,9-13,16,29H2,1-2H3. The van der Waals surface area contributed by atoms with E-state index in [1.165, 1.54) is 0 Å². The maximum atomic E-state index is 14.0. The molecule has 1 aromatic carbocycles. The van der Waals surface area contributed by atoms with Gasteiger partial charge in [-0.05, 0) is 57.2 Å². The minimum atomic E-state index is -3.72. The van der Waals surface area contributed by atoms with E-state index in [4.69, 9.17) is 27.4 Å². The summed E-state index contributed by atoms with van der Waals surface area (Å²) in [4.78, 5) is 25.1. The predicted octanol–water partition coefficient (Wildman–Crippen LogP) is 3.18. The number of hydrogen-bond acceptors (Lipinski definition) is 8. The Labute approximate surface area is 239 Å². The third-order valence-corrected chi connectivity index (χ3v) is 9.77. The number of nitrogens with two attached hydrogens (primary N) is 1. The van der Waals surface area contributed by atoms with Crippen LogP contribution in [0.1, 0.15) is 59.8 Å². The molecule has 0 radical (unpaired) electrons. The fourth-order valence-electron chi connectivity index (χ4n) is 6.21. The number of aromatic nitrogens is 3. The Morgan fingerprint density at radius 1 is 1.10 bits per heavy atom. The highest BCUT2D eigenvalue weighted by Crippen LogP contribution is 2.37. The summed E-state index contributed by atoms with van der Waals surface area (Å²) in [6.45, 7) is 4.60. The van der Waals surface area contributed by atoms with Crippen molar-refractivity contribution in [2.45, 2.75) is 51.1 Å². The molecular formula is C27H35ClN8O3S. The molecule has 3 aromatic rings. The van der Waals surface area contributed by atoms with Crippen LogP contribution in [0.5, 0.6) is 0 Å². The van der Waals surface area contributed by atoms with Crippen molar-refractivity contribution in [3.8, 4) is 0 Å². The number of fused-ring (bicyclic) bond motifs is 4. The molecule has 2 atom stereocenters. The molecule has 0 aliphatic carbocycles. The summed E-state index contributed by atoms with van der Waals surface area (Å²) in [6, 6.07) is 6.50. The van der Waals surface area contributed by atoms with Crippen LogP contribution in [0.25, 0.3) is 5.65 Å². The average molecular weight is 587 g/mol. The summed E-state index contributed by atoms with van der Waals surface area (Å²) in [5.41, 5.74) is 9.13. The van der Waals surface area contributed by atoms with E-state index < -0.39 is 10.0 Å². The zero-order valence-electron chi connectivity index (χ0n) is 22.8. The normalized spacial score (nSPS) is 23.5. The number of nitrogens with zero attached hydrogens (tertiary/aromatic N) is 6. The maximum absolute atomic E-state index is 14.0. The van der Waals surface area contributed by atoms with Gasteiger partial charge >= 0.3 is 0 Å². The second-order valence-corrected chi connectivity index (χ2v) is 13.4. The van der Waals surface area contributed by atoms with Gasteiger partial charge in [-0.1, -0.05) is 11.6 Å². The van der Waals surface area contributed by atoms with Gasteiger partial charge in [-0.3, -0.25) is 9.52 Å². The van der Waals surface area contributed by atoms with Gasteiger partial charge in [0.05, 0.1) is 28.7 Å². The Hall–Kier alpha value is -3.09. The van der Waals surface area contributed by atoms with E-state index >= 15 is 0 Å². The highest BCUT2D eigenvalue weighted by atomic mass is 35.5. The van der Waals surface area contributed by atoms with Gasteiger partial charge in [-0.15, -0.1) is 0 Å². The molecule has 0 saturated carbocycles. The third-order valence-electron chi connectivity index (χ3n) is 8.18. The Morgan fingerprint density at radius 3 is 2.70 bits per heavy atom. The van der Waals surface area contributed by atoms with Crippen LogP contribution < -0.4 is 20.3 Å². The Morgan fingerprint density at radius 2 is 1.93 bits per heavy atom. The van der Waals surface area contributed by atoms with Crippen molar-refractivity contribution in [1.29, 1.82) is 0 Å². The molecule has 11 nitrogen and oxygen atoms in total. The number of carbonyl (C=O) groups excluding carboxylic acids is 1. The smallest absolute Gasteiger partial charge is 0.256 e. The number of sulfonamides is 1. The largest absolute Gasteiger partial charge is 0.359 e. The summed E-state index contributed by atoms with van der Waals surface area (Å²) >= 11 is 6.29. The SMILES string of the molecule is Cc1c(N2CCC(N)C2)nc2cc3nn2c1N(C)CCCS(=O)(=O)Nc1ccc(Cl)cc1C(=O)N1CCCCC31. The van der Waals surface area contributed by atoms with Crippen molar-refractivity contribution in [3.05, 3.63) is 46.1 Å². The van der Waals surface area contributed by atoms with Gasteiger partial charge in [0.1, 0.15) is 11.6 Å². The molecule has 13 heteroatoms. The quantitative estimate of drug-likeness (QED) is 0.445. The fraction of sp³-hybridized carbons (Fsp3) is 0.519. The summed E-state index contributed by atoms with van der Waals surface area (Å²) in [5, 5.41) is 5.40. The van der Waals surface area contributed by atoms with Gasteiger partial charge in [-0.25, -0.2) is 13.4 Å². The van der Waals surface area contributed by atoms with Crippen LogP contribution in [0.4, 0.5) is 17.3 Å². The van der Waals surface area contributed by atoms with Crippen LogP contribution in [-0.4, -0.2) is 78.8 Å². The van der Waals surface area contributed by atoms with E-state index in [1.807, 2.05) is 29.5 Å². The third kappa shape index (κ3) is 4.97. The van der Waals surface area contributed by atoms with Crippen LogP contribution in [0.2, 0.25) is 5.02 Å². The minimum absolute atomic E-state index is 0.0977. The van der Waals surface area contributed by atoms with Gasteiger partial charge in [-0.2, -0.15) is 9.61 Å². The van der Waals surface area contributed by atoms with Crippen molar-refractivity contribution in [2.75, 3.05) is 53.5 Å². The highest BCUT2D eigenvalue weighted by molar-refractivity contribution is 7.92. The van der Waals surface area contributed by atoms with E-state index in [0.29, 0.717) is 30.2 Å². The molecular weight excluding hydrogens is 552 g/mol. The van der Waals surface area contributed by atoms with Gasteiger partial charge in [0, 0.05) is 55.9 Å². The molecule has 1 amide bonds. The first-order valence-electron chi connectivity index (χ1n) is 13.8. The number of amides is 1. The summed E-state index contributed by atoms with van der Waals surface area (Å²) in [6.07, 6.45) is 3.82. The van der Waals surface area contributed by atoms with Gasteiger partial charge in [0.15, 0.2) is 5.65 Å². The molecule has 3 aliphatic rings. The fourth-order valence-corrected chi connectivity index (χ4v) is 7.51. The topological polar surface area (TPSA) is 129 Å². The first-order chi connectivity index (χ1) is 19.1. The minimum Gasteiger partial charge on any atom is -0.359 e. The van der Waals surface area contributed by atoms with E-state index in [9.17, 15) is 13.2 Å². The van der Waals surface area contributed by atoms with Crippen molar-refractivity contribution in [1.82, 2.24) is 19.5 Å². The molecule has 2 bridgehead atoms. The lowest BCUT2D eigenvalue weighted by Gasteiger charge is -2.35. The second kappa shape index (κ2) is 10.4. The summed E-state index contributed by atoms with van der Waals surface area (Å²) < 4.78 is 30.8. The summed E-state index contributed by atoms with van der Waals surface area (Å²) in [7, 11) is -1.77. The van der Waals surface area contributed by atoms with Crippen LogP contribution in [0, 0.1) is 6.92 Å². The molecule has 0 spiro atoms. The van der Waals surface area contributed by atoms with Crippen molar-refractivity contribution < 1.29 is 13.2 Å². The van der Waals surface area contributed by atoms with Crippen LogP contribution >= 0.6 is 11.6 Å². The Kier molecular flexibility index (Phi) is 7.04. The van der Waals surface area contributed by atoms with E-state index in [-0.39, 0.29) is 35.0 Å². The lowest BCUT2D eigenvalue weighted by molar-refractivity contribution is 0.0607. The molecule has 2 fully saturated rings. The molecule has 2 unspecified atom stereocenters. The number of hydrogen-bond donors (Lipinski definition) is 2. The van der Waals surface area contributed by atoms with Crippen molar-refractivity contribution in [3.63, 3.8) is 0 Å². The zero-order chi connectivity index (χ0) is 28.2. The van der Waals surface area contributed by atoms with Crippen molar-refractivity contribution in [2.24, 2.45) is 5.73 Å². The number of halogens is 1. The molecule has 2 saturated heterocycles. The monoisotopic (exact) mass is 586 g/mol. The lowest BCUT2D eigenvalue weighted by Crippen LogP contribution is -2.39. The highest BCUT2D eigenvalue weighted by Gasteiger charge is 2.34.